The largest absolute Gasteiger partial charge is 0.493 e. The van der Waals surface area contributed by atoms with Crippen molar-refractivity contribution in [3.63, 3.8) is 0 Å². The summed E-state index contributed by atoms with van der Waals surface area (Å²) >= 11 is 5.74. The Morgan fingerprint density at radius 3 is 2.47 bits per heavy atom. The molecule has 108 valence electrons. The van der Waals surface area contributed by atoms with Crippen LogP contribution in [0.2, 0.25) is 5.02 Å². The fraction of sp³-hybridized carbons (Fsp3) is 0.455. The van der Waals surface area contributed by atoms with Gasteiger partial charge >= 0.3 is 6.18 Å². The lowest BCUT2D eigenvalue weighted by Crippen LogP contribution is -2.34. The highest BCUT2D eigenvalue weighted by molar-refractivity contribution is 6.30. The van der Waals surface area contributed by atoms with E-state index in [1.165, 1.54) is 19.2 Å². The summed E-state index contributed by atoms with van der Waals surface area (Å²) in [7, 11) is 1.28. The van der Waals surface area contributed by atoms with Crippen molar-refractivity contribution in [2.75, 3.05) is 13.7 Å². The molecule has 0 heterocycles. The molecule has 0 saturated heterocycles. The fourth-order valence-electron chi connectivity index (χ4n) is 1.31. The number of ether oxygens (including phenoxy) is 2. The molecule has 0 aliphatic rings. The van der Waals surface area contributed by atoms with Crippen molar-refractivity contribution in [1.29, 1.82) is 0 Å². The van der Waals surface area contributed by atoms with E-state index in [2.05, 4.69) is 0 Å². The molecule has 0 fully saturated rings. The van der Waals surface area contributed by atoms with Crippen LogP contribution in [0.1, 0.15) is 5.56 Å². The second kappa shape index (κ2) is 6.31. The van der Waals surface area contributed by atoms with Gasteiger partial charge in [0, 0.05) is 16.7 Å². The number of aliphatic hydroxyl groups excluding tert-OH is 2. The molecule has 0 spiro atoms. The molecule has 0 saturated carbocycles. The minimum absolute atomic E-state index is 0.0749. The molecule has 0 aliphatic carbocycles. The smallest absolute Gasteiger partial charge is 0.417 e. The first-order valence-electron chi connectivity index (χ1n) is 5.14. The second-order valence-electron chi connectivity index (χ2n) is 3.62. The standard InChI is InChI=1S/C11H12ClF3O4/c1-18-8-3-7(12)2-6(4-16)10(8)19-5-9(17)11(13,14)15/h2-3,9,16-17H,4-5H2,1H3. The zero-order valence-corrected chi connectivity index (χ0v) is 10.6. The molecule has 0 aliphatic heterocycles. The summed E-state index contributed by atoms with van der Waals surface area (Å²) in [5, 5.41) is 18.2. The average molecular weight is 301 g/mol. The Balaban J connectivity index is 2.94. The van der Waals surface area contributed by atoms with Gasteiger partial charge in [0.15, 0.2) is 17.6 Å². The van der Waals surface area contributed by atoms with E-state index in [0.29, 0.717) is 0 Å². The average Bonchev–Trinajstić information content (AvgIpc) is 2.34. The Kier molecular flexibility index (Phi) is 5.28. The number of benzene rings is 1. The Bertz CT molecular complexity index is 411. The molecular weight excluding hydrogens is 289 g/mol. The van der Waals surface area contributed by atoms with Gasteiger partial charge in [0.1, 0.15) is 6.61 Å². The summed E-state index contributed by atoms with van der Waals surface area (Å²) in [6.45, 7) is -1.50. The summed E-state index contributed by atoms with van der Waals surface area (Å²) in [6, 6.07) is 2.66. The zero-order valence-electron chi connectivity index (χ0n) is 9.87. The molecule has 1 atom stereocenters. The first-order chi connectivity index (χ1) is 8.79. The van der Waals surface area contributed by atoms with Gasteiger partial charge < -0.3 is 19.7 Å². The first-order valence-corrected chi connectivity index (χ1v) is 5.52. The predicted molar refractivity (Wildman–Crippen MR) is 61.5 cm³/mol. The van der Waals surface area contributed by atoms with Crippen molar-refractivity contribution in [1.82, 2.24) is 0 Å². The van der Waals surface area contributed by atoms with Crippen LogP contribution in [-0.4, -0.2) is 36.2 Å². The Morgan fingerprint density at radius 1 is 1.37 bits per heavy atom. The van der Waals surface area contributed by atoms with Gasteiger partial charge in [-0.15, -0.1) is 0 Å². The highest BCUT2D eigenvalue weighted by Gasteiger charge is 2.39. The molecule has 1 aromatic carbocycles. The molecule has 2 N–H and O–H groups in total. The second-order valence-corrected chi connectivity index (χ2v) is 4.06. The third kappa shape index (κ3) is 4.15. The summed E-state index contributed by atoms with van der Waals surface area (Å²) in [5.41, 5.74) is 0.165. The van der Waals surface area contributed by atoms with Gasteiger partial charge in [-0.1, -0.05) is 11.6 Å². The normalized spacial score (nSPS) is 13.2. The molecule has 0 amide bonds. The van der Waals surface area contributed by atoms with Crippen molar-refractivity contribution in [2.24, 2.45) is 0 Å². The van der Waals surface area contributed by atoms with Gasteiger partial charge in [-0.05, 0) is 6.07 Å². The van der Waals surface area contributed by atoms with Crippen LogP contribution in [0, 0.1) is 0 Å². The number of hydrogen-bond acceptors (Lipinski definition) is 4. The van der Waals surface area contributed by atoms with E-state index in [9.17, 15) is 13.2 Å². The van der Waals surface area contributed by atoms with Crippen LogP contribution < -0.4 is 9.47 Å². The van der Waals surface area contributed by atoms with Crippen molar-refractivity contribution < 1.29 is 32.9 Å². The number of methoxy groups -OCH3 is 1. The lowest BCUT2D eigenvalue weighted by atomic mass is 10.2. The number of hydrogen-bond donors (Lipinski definition) is 2. The Labute approximate surface area is 112 Å². The summed E-state index contributed by atoms with van der Waals surface area (Å²) in [6.07, 6.45) is -7.40. The van der Waals surface area contributed by atoms with Crippen LogP contribution in [0.25, 0.3) is 0 Å². The maximum atomic E-state index is 12.1. The topological polar surface area (TPSA) is 58.9 Å². The SMILES string of the molecule is COc1cc(Cl)cc(CO)c1OCC(O)C(F)(F)F. The van der Waals surface area contributed by atoms with Gasteiger partial charge in [0.2, 0.25) is 0 Å². The highest BCUT2D eigenvalue weighted by Crippen LogP contribution is 2.35. The Hall–Kier alpha value is -1.18. The van der Waals surface area contributed by atoms with Crippen LogP contribution >= 0.6 is 11.6 Å². The first kappa shape index (κ1) is 15.9. The van der Waals surface area contributed by atoms with Crippen molar-refractivity contribution in [3.8, 4) is 11.5 Å². The monoisotopic (exact) mass is 300 g/mol. The van der Waals surface area contributed by atoms with Crippen LogP contribution in [-0.2, 0) is 6.61 Å². The number of alkyl halides is 3. The van der Waals surface area contributed by atoms with Gasteiger partial charge in [-0.2, -0.15) is 13.2 Å². The van der Waals surface area contributed by atoms with E-state index in [0.717, 1.165) is 0 Å². The quantitative estimate of drug-likeness (QED) is 0.875. The lowest BCUT2D eigenvalue weighted by Gasteiger charge is -2.18. The van der Waals surface area contributed by atoms with E-state index >= 15 is 0 Å². The van der Waals surface area contributed by atoms with Crippen molar-refractivity contribution >= 4 is 11.6 Å². The molecule has 1 aromatic rings. The molecule has 4 nitrogen and oxygen atoms in total. The lowest BCUT2D eigenvalue weighted by molar-refractivity contribution is -0.210. The Morgan fingerprint density at radius 2 is 2.00 bits per heavy atom. The molecule has 0 aromatic heterocycles. The highest BCUT2D eigenvalue weighted by atomic mass is 35.5. The summed E-state index contributed by atoms with van der Waals surface area (Å²) in [5.74, 6) is -0.0105. The fourth-order valence-corrected chi connectivity index (χ4v) is 1.54. The molecule has 1 rings (SSSR count). The van der Waals surface area contributed by atoms with Gasteiger partial charge in [-0.3, -0.25) is 0 Å². The van der Waals surface area contributed by atoms with Crippen LogP contribution in [0.15, 0.2) is 12.1 Å². The van der Waals surface area contributed by atoms with Crippen LogP contribution in [0.3, 0.4) is 0 Å². The van der Waals surface area contributed by atoms with Crippen LogP contribution in [0.5, 0.6) is 11.5 Å². The zero-order chi connectivity index (χ0) is 14.6. The summed E-state index contributed by atoms with van der Waals surface area (Å²) in [4.78, 5) is 0. The summed E-state index contributed by atoms with van der Waals surface area (Å²) < 4.78 is 46.2. The minimum Gasteiger partial charge on any atom is -0.493 e. The van der Waals surface area contributed by atoms with E-state index in [-0.39, 0.29) is 22.1 Å². The van der Waals surface area contributed by atoms with Crippen molar-refractivity contribution in [3.05, 3.63) is 22.7 Å². The van der Waals surface area contributed by atoms with Gasteiger partial charge in [0.05, 0.1) is 13.7 Å². The molecule has 8 heteroatoms. The van der Waals surface area contributed by atoms with E-state index in [4.69, 9.17) is 31.3 Å². The van der Waals surface area contributed by atoms with Gasteiger partial charge in [0.25, 0.3) is 0 Å². The molecule has 19 heavy (non-hydrogen) atoms. The minimum atomic E-state index is -4.78. The molecule has 0 bridgehead atoms. The maximum Gasteiger partial charge on any atom is 0.417 e. The maximum absolute atomic E-state index is 12.1. The van der Waals surface area contributed by atoms with Crippen molar-refractivity contribution in [2.45, 2.75) is 18.9 Å². The number of aliphatic hydroxyl groups is 2. The predicted octanol–water partition coefficient (Wildman–Crippen LogP) is 2.14. The molecule has 0 radical (unpaired) electrons. The van der Waals surface area contributed by atoms with E-state index < -0.39 is 25.5 Å². The third-order valence-corrected chi connectivity index (χ3v) is 2.47. The third-order valence-electron chi connectivity index (χ3n) is 2.25. The molecular formula is C11H12ClF3O4. The van der Waals surface area contributed by atoms with Crippen LogP contribution in [0.4, 0.5) is 13.2 Å². The molecule has 1 unspecified atom stereocenters. The number of halogens is 4. The number of rotatable bonds is 5. The van der Waals surface area contributed by atoms with E-state index in [1.807, 2.05) is 0 Å². The van der Waals surface area contributed by atoms with Gasteiger partial charge in [-0.25, -0.2) is 0 Å². The van der Waals surface area contributed by atoms with E-state index in [1.54, 1.807) is 0 Å².